The number of hydrogen-bond acceptors (Lipinski definition) is 2. The zero-order valence-corrected chi connectivity index (χ0v) is 16.2. The van der Waals surface area contributed by atoms with Gasteiger partial charge in [0.25, 0.3) is 5.91 Å². The van der Waals surface area contributed by atoms with E-state index in [0.29, 0.717) is 5.69 Å². The van der Waals surface area contributed by atoms with E-state index < -0.39 is 0 Å². The summed E-state index contributed by atoms with van der Waals surface area (Å²) in [5.41, 5.74) is 2.84. The van der Waals surface area contributed by atoms with Crippen LogP contribution in [0.25, 0.3) is 0 Å². The summed E-state index contributed by atoms with van der Waals surface area (Å²) >= 11 is 1.87. The van der Waals surface area contributed by atoms with Gasteiger partial charge in [0.1, 0.15) is 11.9 Å². The van der Waals surface area contributed by atoms with Crippen molar-refractivity contribution in [3.05, 3.63) is 95.8 Å². The Morgan fingerprint density at radius 1 is 1.00 bits per heavy atom. The lowest BCUT2D eigenvalue weighted by Gasteiger charge is -2.27. The summed E-state index contributed by atoms with van der Waals surface area (Å²) in [7, 11) is 0. The molecule has 0 aliphatic carbocycles. The van der Waals surface area contributed by atoms with Gasteiger partial charge < -0.3 is 10.6 Å². The first-order valence-electron chi connectivity index (χ1n) is 9.39. The van der Waals surface area contributed by atoms with Gasteiger partial charge in [-0.15, -0.1) is 11.8 Å². The molecule has 28 heavy (non-hydrogen) atoms. The van der Waals surface area contributed by atoms with E-state index in [9.17, 15) is 9.18 Å². The lowest BCUT2D eigenvalue weighted by molar-refractivity contribution is -0.722. The molecule has 1 heterocycles. The van der Waals surface area contributed by atoms with E-state index in [-0.39, 0.29) is 23.8 Å². The van der Waals surface area contributed by atoms with Crippen molar-refractivity contribution < 1.29 is 14.5 Å². The average molecular weight is 394 g/mol. The molecule has 5 heteroatoms. The number of rotatable bonds is 5. The molecule has 0 bridgehead atoms. The Morgan fingerprint density at radius 2 is 1.71 bits per heavy atom. The van der Waals surface area contributed by atoms with Crippen LogP contribution in [0.1, 0.15) is 29.6 Å². The maximum Gasteiger partial charge on any atom is 0.287 e. The Kier molecular flexibility index (Phi) is 5.74. The molecule has 0 aromatic heterocycles. The number of thioether (sulfide) groups is 1. The van der Waals surface area contributed by atoms with Crippen LogP contribution in [0.3, 0.4) is 0 Å². The molecule has 0 spiro atoms. The van der Waals surface area contributed by atoms with Gasteiger partial charge in [-0.05, 0) is 30.3 Å². The van der Waals surface area contributed by atoms with Crippen molar-refractivity contribution in [3.63, 3.8) is 0 Å². The van der Waals surface area contributed by atoms with Crippen LogP contribution >= 0.6 is 11.8 Å². The second-order valence-corrected chi connectivity index (χ2v) is 8.00. The van der Waals surface area contributed by atoms with Gasteiger partial charge in [0.15, 0.2) is 6.04 Å². The summed E-state index contributed by atoms with van der Waals surface area (Å²) in [5.74, 6) is 0.619. The maximum atomic E-state index is 13.2. The molecule has 142 valence electrons. The number of quaternary nitrogens is 1. The van der Waals surface area contributed by atoms with Crippen LogP contribution in [-0.2, 0) is 4.79 Å². The Balaban J connectivity index is 1.60. The van der Waals surface area contributed by atoms with Gasteiger partial charge in [0.05, 0.1) is 0 Å². The summed E-state index contributed by atoms with van der Waals surface area (Å²) in [6.07, 6.45) is 1.01. The van der Waals surface area contributed by atoms with Crippen LogP contribution in [-0.4, -0.2) is 11.7 Å². The monoisotopic (exact) mass is 393 g/mol. The van der Waals surface area contributed by atoms with Gasteiger partial charge in [-0.3, -0.25) is 4.79 Å². The molecule has 3 aromatic rings. The zero-order chi connectivity index (χ0) is 19.3. The first-order chi connectivity index (χ1) is 13.7. The molecule has 3 N–H and O–H groups in total. The van der Waals surface area contributed by atoms with E-state index in [4.69, 9.17) is 0 Å². The summed E-state index contributed by atoms with van der Waals surface area (Å²) in [6.45, 7) is 0. The lowest BCUT2D eigenvalue weighted by Crippen LogP contribution is -2.88. The number of carbonyl (C=O) groups is 1. The minimum Gasteiger partial charge on any atom is -0.326 e. The molecule has 0 radical (unpaired) electrons. The number of carbonyl (C=O) groups excluding carboxylic acids is 1. The summed E-state index contributed by atoms with van der Waals surface area (Å²) in [5, 5.41) is 5.10. The topological polar surface area (TPSA) is 45.7 Å². The minimum atomic E-state index is -0.382. The van der Waals surface area contributed by atoms with Gasteiger partial charge in [0.2, 0.25) is 0 Å². The summed E-state index contributed by atoms with van der Waals surface area (Å²) in [6, 6.07) is 24.0. The molecular formula is C23H22FN2OS+. The minimum absolute atomic E-state index is 0.103. The highest BCUT2D eigenvalue weighted by atomic mass is 32.2. The van der Waals surface area contributed by atoms with Crippen LogP contribution < -0.4 is 10.6 Å². The van der Waals surface area contributed by atoms with Gasteiger partial charge in [-0.2, -0.15) is 0 Å². The SMILES string of the molecule is O=C(Nc1ccc(F)cc1)[C@H]([NH2+][C@@H]1CCSc2ccccc21)c1ccccc1. The predicted octanol–water partition coefficient (Wildman–Crippen LogP) is 4.31. The van der Waals surface area contributed by atoms with E-state index in [0.717, 1.165) is 17.7 Å². The molecule has 1 amide bonds. The van der Waals surface area contributed by atoms with Crippen LogP contribution in [0.4, 0.5) is 10.1 Å². The molecule has 3 aromatic carbocycles. The molecule has 0 unspecified atom stereocenters. The standard InChI is InChI=1S/C23H21FN2OS/c24-17-10-12-18(13-11-17)25-23(27)22(16-6-2-1-3-7-16)26-20-14-15-28-21-9-5-4-8-19(20)21/h1-13,20,22,26H,14-15H2,(H,25,27)/p+1/t20-,22-/m1/s1. The smallest absolute Gasteiger partial charge is 0.287 e. The van der Waals surface area contributed by atoms with Crippen LogP contribution in [0.2, 0.25) is 0 Å². The zero-order valence-electron chi connectivity index (χ0n) is 15.3. The molecule has 0 fully saturated rings. The number of benzene rings is 3. The quantitative estimate of drug-likeness (QED) is 0.679. The molecule has 0 saturated heterocycles. The largest absolute Gasteiger partial charge is 0.326 e. The highest BCUT2D eigenvalue weighted by Crippen LogP contribution is 2.34. The number of nitrogens with one attached hydrogen (secondary N) is 1. The second-order valence-electron chi connectivity index (χ2n) is 6.86. The van der Waals surface area contributed by atoms with E-state index >= 15 is 0 Å². The average Bonchev–Trinajstić information content (AvgIpc) is 2.74. The number of fused-ring (bicyclic) bond motifs is 1. The van der Waals surface area contributed by atoms with Crippen molar-refractivity contribution in [2.45, 2.75) is 23.4 Å². The lowest BCUT2D eigenvalue weighted by atomic mass is 9.99. The fourth-order valence-electron chi connectivity index (χ4n) is 3.57. The Labute approximate surface area is 168 Å². The summed E-state index contributed by atoms with van der Waals surface area (Å²) < 4.78 is 13.2. The second kappa shape index (κ2) is 8.59. The Bertz CT molecular complexity index is 946. The van der Waals surface area contributed by atoms with E-state index in [1.165, 1.54) is 22.6 Å². The predicted molar refractivity (Wildman–Crippen MR) is 111 cm³/mol. The van der Waals surface area contributed by atoms with Gasteiger partial charge in [0, 0.05) is 33.9 Å². The first kappa shape index (κ1) is 18.7. The van der Waals surface area contributed by atoms with Crippen molar-refractivity contribution in [2.75, 3.05) is 11.1 Å². The van der Waals surface area contributed by atoms with Crippen LogP contribution in [0, 0.1) is 5.82 Å². The fraction of sp³-hybridized carbons (Fsp3) is 0.174. The number of amides is 1. The summed E-state index contributed by atoms with van der Waals surface area (Å²) in [4.78, 5) is 14.4. The molecular weight excluding hydrogens is 371 g/mol. The highest BCUT2D eigenvalue weighted by Gasteiger charge is 2.31. The van der Waals surface area contributed by atoms with Crippen LogP contribution in [0.15, 0.2) is 83.8 Å². The normalized spacial score (nSPS) is 16.8. The highest BCUT2D eigenvalue weighted by molar-refractivity contribution is 7.99. The number of nitrogens with two attached hydrogens (primary N) is 1. The third kappa shape index (κ3) is 4.26. The Morgan fingerprint density at radius 3 is 2.50 bits per heavy atom. The van der Waals surface area contributed by atoms with Crippen molar-refractivity contribution in [2.24, 2.45) is 0 Å². The molecule has 3 nitrogen and oxygen atoms in total. The van der Waals surface area contributed by atoms with Crippen LogP contribution in [0.5, 0.6) is 0 Å². The third-order valence-electron chi connectivity index (χ3n) is 4.98. The van der Waals surface area contributed by atoms with Gasteiger partial charge >= 0.3 is 0 Å². The number of anilines is 1. The maximum absolute atomic E-state index is 13.2. The van der Waals surface area contributed by atoms with Crippen molar-refractivity contribution in [1.29, 1.82) is 0 Å². The van der Waals surface area contributed by atoms with Crippen molar-refractivity contribution in [1.82, 2.24) is 0 Å². The molecule has 1 aliphatic heterocycles. The van der Waals surface area contributed by atoms with Crippen molar-refractivity contribution >= 4 is 23.4 Å². The van der Waals surface area contributed by atoms with Crippen molar-refractivity contribution in [3.8, 4) is 0 Å². The number of hydrogen-bond donors (Lipinski definition) is 2. The van der Waals surface area contributed by atoms with E-state index in [2.05, 4.69) is 34.9 Å². The Hall–Kier alpha value is -2.63. The third-order valence-corrected chi connectivity index (χ3v) is 6.11. The number of halogens is 1. The van der Waals surface area contributed by atoms with E-state index in [1.807, 2.05) is 42.1 Å². The molecule has 2 atom stereocenters. The molecule has 4 rings (SSSR count). The van der Waals surface area contributed by atoms with Gasteiger partial charge in [-0.25, -0.2) is 4.39 Å². The fourth-order valence-corrected chi connectivity index (χ4v) is 4.72. The first-order valence-corrected chi connectivity index (χ1v) is 10.4. The van der Waals surface area contributed by atoms with E-state index in [1.54, 1.807) is 12.1 Å². The molecule has 0 saturated carbocycles. The van der Waals surface area contributed by atoms with Gasteiger partial charge in [-0.1, -0.05) is 48.5 Å². The molecule has 1 aliphatic rings.